The van der Waals surface area contributed by atoms with Crippen molar-refractivity contribution >= 4 is 35.2 Å². The van der Waals surface area contributed by atoms with Gasteiger partial charge in [-0.3, -0.25) is 14.9 Å². The van der Waals surface area contributed by atoms with Gasteiger partial charge in [0.25, 0.3) is 5.91 Å². The van der Waals surface area contributed by atoms with Crippen molar-refractivity contribution in [3.05, 3.63) is 82.5 Å². The van der Waals surface area contributed by atoms with Gasteiger partial charge in [0.15, 0.2) is 17.2 Å². The van der Waals surface area contributed by atoms with Crippen LogP contribution in [0.5, 0.6) is 0 Å². The summed E-state index contributed by atoms with van der Waals surface area (Å²) < 4.78 is 10.9. The number of ether oxygens (including phenoxy) is 1. The van der Waals surface area contributed by atoms with Crippen LogP contribution in [0.2, 0.25) is 5.02 Å². The second-order valence-corrected chi connectivity index (χ2v) is 9.11. The quantitative estimate of drug-likeness (QED) is 0.559. The number of halogens is 1. The molecule has 0 bridgehead atoms. The maximum atomic E-state index is 13.7. The first-order valence-corrected chi connectivity index (χ1v) is 11.6. The fourth-order valence-corrected chi connectivity index (χ4v) is 4.79. The first-order valence-electron chi connectivity index (χ1n) is 11.2. The van der Waals surface area contributed by atoms with E-state index in [2.05, 4.69) is 15.6 Å². The summed E-state index contributed by atoms with van der Waals surface area (Å²) in [5, 5.41) is 6.00. The Hall–Kier alpha value is -3.85. The van der Waals surface area contributed by atoms with Crippen molar-refractivity contribution < 1.29 is 23.5 Å². The second kappa shape index (κ2) is 9.07. The predicted octanol–water partition coefficient (Wildman–Crippen LogP) is 3.67. The van der Waals surface area contributed by atoms with Crippen LogP contribution in [0.25, 0.3) is 0 Å². The van der Waals surface area contributed by atoms with E-state index in [-0.39, 0.29) is 24.6 Å². The molecular formula is C25H23ClN4O5. The second-order valence-electron chi connectivity index (χ2n) is 8.68. The number of anilines is 1. The standard InChI is InChI=1S/C25H23ClN4O5/c1-15-27-21(13-34-15)22(31)28-20(11-16-5-3-2-4-6-16)23(32)30-10-9-25(14-30)18-12-17(26)7-8-19(18)29-24(33)35-25/h2-8,12-13,20H,9-11,14H2,1H3,(H,28,31)(H,29,33)/t20-,25?/m0/s1. The third kappa shape index (κ3) is 4.59. The maximum Gasteiger partial charge on any atom is 0.412 e. The molecule has 2 atom stereocenters. The number of hydrogen-bond acceptors (Lipinski definition) is 6. The van der Waals surface area contributed by atoms with Crippen molar-refractivity contribution in [1.29, 1.82) is 0 Å². The van der Waals surface area contributed by atoms with E-state index in [1.54, 1.807) is 30.0 Å². The number of rotatable bonds is 5. The molecule has 0 radical (unpaired) electrons. The number of aromatic nitrogens is 1. The molecule has 1 aromatic heterocycles. The van der Waals surface area contributed by atoms with Crippen LogP contribution < -0.4 is 10.6 Å². The van der Waals surface area contributed by atoms with Gasteiger partial charge in [-0.15, -0.1) is 0 Å². The maximum absolute atomic E-state index is 13.7. The fourth-order valence-electron chi connectivity index (χ4n) is 4.61. The molecule has 180 valence electrons. The third-order valence-electron chi connectivity index (χ3n) is 6.28. The van der Waals surface area contributed by atoms with Gasteiger partial charge in [0.05, 0.1) is 12.2 Å². The SMILES string of the molecule is Cc1nc(C(=O)N[C@@H](Cc2ccccc2)C(=O)N2CCC3(C2)OC(=O)Nc2ccc(Cl)cc23)co1. The lowest BCUT2D eigenvalue weighted by atomic mass is 9.90. The molecule has 1 unspecified atom stereocenters. The lowest BCUT2D eigenvalue weighted by Crippen LogP contribution is -2.50. The fraction of sp³-hybridized carbons (Fsp3) is 0.280. The van der Waals surface area contributed by atoms with E-state index in [4.69, 9.17) is 20.8 Å². The molecule has 9 nitrogen and oxygen atoms in total. The van der Waals surface area contributed by atoms with Crippen molar-refractivity contribution in [2.75, 3.05) is 18.4 Å². The highest BCUT2D eigenvalue weighted by Crippen LogP contribution is 2.43. The Morgan fingerprint density at radius 1 is 1.26 bits per heavy atom. The average Bonchev–Trinajstić information content (AvgIpc) is 3.46. The van der Waals surface area contributed by atoms with Gasteiger partial charge in [-0.05, 0) is 23.8 Å². The summed E-state index contributed by atoms with van der Waals surface area (Å²) in [7, 11) is 0. The molecule has 35 heavy (non-hydrogen) atoms. The van der Waals surface area contributed by atoms with E-state index < -0.39 is 23.6 Å². The molecular weight excluding hydrogens is 472 g/mol. The highest BCUT2D eigenvalue weighted by molar-refractivity contribution is 6.30. The summed E-state index contributed by atoms with van der Waals surface area (Å²) in [6, 6.07) is 13.7. The monoisotopic (exact) mass is 494 g/mol. The molecule has 5 rings (SSSR count). The van der Waals surface area contributed by atoms with E-state index in [0.29, 0.717) is 29.6 Å². The molecule has 2 aliphatic heterocycles. The van der Waals surface area contributed by atoms with Gasteiger partial charge in [0.1, 0.15) is 12.3 Å². The Morgan fingerprint density at radius 3 is 2.80 bits per heavy atom. The van der Waals surface area contributed by atoms with Crippen LogP contribution >= 0.6 is 11.6 Å². The van der Waals surface area contributed by atoms with Crippen molar-refractivity contribution in [2.45, 2.75) is 31.4 Å². The van der Waals surface area contributed by atoms with Crippen LogP contribution in [0.3, 0.4) is 0 Å². The van der Waals surface area contributed by atoms with Gasteiger partial charge in [-0.2, -0.15) is 0 Å². The molecule has 1 fully saturated rings. The predicted molar refractivity (Wildman–Crippen MR) is 127 cm³/mol. The molecule has 0 aliphatic carbocycles. The largest absolute Gasteiger partial charge is 0.448 e. The lowest BCUT2D eigenvalue weighted by Gasteiger charge is -2.35. The van der Waals surface area contributed by atoms with Gasteiger partial charge in [-0.1, -0.05) is 41.9 Å². The zero-order valence-electron chi connectivity index (χ0n) is 18.9. The number of oxazole rings is 1. The van der Waals surface area contributed by atoms with E-state index in [1.807, 2.05) is 30.3 Å². The topological polar surface area (TPSA) is 114 Å². The van der Waals surface area contributed by atoms with Crippen molar-refractivity contribution in [2.24, 2.45) is 0 Å². The van der Waals surface area contributed by atoms with Gasteiger partial charge < -0.3 is 19.4 Å². The van der Waals surface area contributed by atoms with Crippen LogP contribution in [0.4, 0.5) is 10.5 Å². The summed E-state index contributed by atoms with van der Waals surface area (Å²) >= 11 is 6.22. The minimum atomic E-state index is -1.01. The van der Waals surface area contributed by atoms with Gasteiger partial charge in [0.2, 0.25) is 5.91 Å². The van der Waals surface area contributed by atoms with Crippen molar-refractivity contribution in [3.8, 4) is 0 Å². The molecule has 1 spiro atoms. The Bertz CT molecular complexity index is 1290. The molecule has 3 amide bonds. The molecule has 1 saturated heterocycles. The number of aryl methyl sites for hydroxylation is 1. The number of carbonyl (C=O) groups is 3. The first-order chi connectivity index (χ1) is 16.8. The summed E-state index contributed by atoms with van der Waals surface area (Å²) in [4.78, 5) is 44.5. The van der Waals surface area contributed by atoms with Crippen LogP contribution in [-0.4, -0.2) is 46.9 Å². The molecule has 0 saturated carbocycles. The van der Waals surface area contributed by atoms with Crippen molar-refractivity contribution in [3.63, 3.8) is 0 Å². The van der Waals surface area contributed by atoms with Crippen LogP contribution in [-0.2, 0) is 21.6 Å². The van der Waals surface area contributed by atoms with Crippen LogP contribution in [0, 0.1) is 6.92 Å². The molecule has 10 heteroatoms. The normalized spacial score (nSPS) is 19.6. The van der Waals surface area contributed by atoms with Gasteiger partial charge in [0, 0.05) is 36.9 Å². The number of likely N-dealkylation sites (tertiary alicyclic amines) is 1. The number of carbonyl (C=O) groups excluding carboxylic acids is 3. The van der Waals surface area contributed by atoms with Crippen LogP contribution in [0.15, 0.2) is 59.2 Å². The number of nitrogens with one attached hydrogen (secondary N) is 2. The van der Waals surface area contributed by atoms with Crippen LogP contribution in [0.1, 0.15) is 33.9 Å². The summed E-state index contributed by atoms with van der Waals surface area (Å²) in [5.74, 6) is -0.430. The van der Waals surface area contributed by atoms with E-state index in [0.717, 1.165) is 11.1 Å². The van der Waals surface area contributed by atoms with Crippen molar-refractivity contribution in [1.82, 2.24) is 15.2 Å². The molecule has 3 aromatic rings. The van der Waals surface area contributed by atoms with E-state index >= 15 is 0 Å². The molecule has 2 aliphatic rings. The molecule has 2 N–H and O–H groups in total. The Labute approximate surface area is 206 Å². The number of benzene rings is 2. The first kappa shape index (κ1) is 22.9. The number of hydrogen-bond donors (Lipinski definition) is 2. The highest BCUT2D eigenvalue weighted by Gasteiger charge is 2.49. The van der Waals surface area contributed by atoms with Gasteiger partial charge in [-0.25, -0.2) is 9.78 Å². The number of nitrogens with zero attached hydrogens (tertiary/aromatic N) is 2. The Morgan fingerprint density at radius 2 is 2.06 bits per heavy atom. The zero-order valence-corrected chi connectivity index (χ0v) is 19.7. The highest BCUT2D eigenvalue weighted by atomic mass is 35.5. The van der Waals surface area contributed by atoms with Gasteiger partial charge >= 0.3 is 6.09 Å². The third-order valence-corrected chi connectivity index (χ3v) is 6.51. The number of amides is 3. The minimum absolute atomic E-state index is 0.0992. The zero-order chi connectivity index (χ0) is 24.6. The average molecular weight is 495 g/mol. The van der Waals surface area contributed by atoms with E-state index in [9.17, 15) is 14.4 Å². The Balaban J connectivity index is 1.40. The summed E-state index contributed by atoms with van der Waals surface area (Å²) in [6.45, 7) is 2.14. The Kier molecular flexibility index (Phi) is 5.94. The summed E-state index contributed by atoms with van der Waals surface area (Å²) in [6.07, 6.45) is 1.38. The minimum Gasteiger partial charge on any atom is -0.448 e. The number of fused-ring (bicyclic) bond motifs is 2. The lowest BCUT2D eigenvalue weighted by molar-refractivity contribution is -0.133. The molecule has 2 aromatic carbocycles. The van der Waals surface area contributed by atoms with E-state index in [1.165, 1.54) is 6.26 Å². The summed E-state index contributed by atoms with van der Waals surface area (Å²) in [5.41, 5.74) is 1.31. The smallest absolute Gasteiger partial charge is 0.412 e. The molecule has 3 heterocycles.